The van der Waals surface area contributed by atoms with Crippen LogP contribution in [0.1, 0.15) is 0 Å². The first-order valence-corrected chi connectivity index (χ1v) is 5.48. The summed E-state index contributed by atoms with van der Waals surface area (Å²) in [6, 6.07) is 0. The average molecular weight is 543 g/mol. The molecule has 0 saturated carbocycles. The normalized spacial score (nSPS) is 9.30. The summed E-state index contributed by atoms with van der Waals surface area (Å²) in [5, 5.41) is 38.0. The van der Waals surface area contributed by atoms with Crippen LogP contribution in [0.15, 0.2) is 0 Å². The molecular formula is C10H14N2Na2O8Pb. The fourth-order valence-electron chi connectivity index (χ4n) is 1.46. The molecule has 0 fully saturated rings. The maximum atomic E-state index is 10.5. The van der Waals surface area contributed by atoms with Gasteiger partial charge in [-0.1, -0.05) is 0 Å². The summed E-state index contributed by atoms with van der Waals surface area (Å²) < 4.78 is 0. The van der Waals surface area contributed by atoms with E-state index in [-0.39, 0.29) is 99.5 Å². The summed E-state index contributed by atoms with van der Waals surface area (Å²) in [5.41, 5.74) is 0. The Hall–Kier alpha value is 0.722. The van der Waals surface area contributed by atoms with E-state index in [4.69, 9.17) is 10.2 Å². The minimum atomic E-state index is -1.49. The molecule has 0 aromatic carbocycles. The minimum Gasteiger partial charge on any atom is -0.549 e. The predicted octanol–water partition coefficient (Wildman–Crippen LogP) is -11.1. The number of carbonyl (C=O) groups excluding carboxylic acids is 2. The van der Waals surface area contributed by atoms with Crippen molar-refractivity contribution in [3.8, 4) is 0 Å². The largest absolute Gasteiger partial charge is 1.00 e. The number of aliphatic carboxylic acids is 4. The van der Waals surface area contributed by atoms with Gasteiger partial charge in [-0.15, -0.1) is 0 Å². The van der Waals surface area contributed by atoms with E-state index in [0.717, 1.165) is 9.80 Å². The molecule has 0 heterocycles. The molecule has 0 atom stereocenters. The summed E-state index contributed by atoms with van der Waals surface area (Å²) in [7, 11) is 0. The first-order chi connectivity index (χ1) is 9.20. The van der Waals surface area contributed by atoms with Crippen molar-refractivity contribution < 1.29 is 98.7 Å². The number of hydrogen-bond acceptors (Lipinski definition) is 8. The number of carboxylic acid groups (broad SMARTS) is 4. The van der Waals surface area contributed by atoms with Gasteiger partial charge in [0.25, 0.3) is 0 Å². The van der Waals surface area contributed by atoms with E-state index in [0.29, 0.717) is 0 Å². The first kappa shape index (κ1) is 31.5. The smallest absolute Gasteiger partial charge is 0.549 e. The van der Waals surface area contributed by atoms with E-state index < -0.39 is 50.1 Å². The van der Waals surface area contributed by atoms with E-state index >= 15 is 0 Å². The molecule has 10 nitrogen and oxygen atoms in total. The maximum absolute atomic E-state index is 10.5. The molecule has 0 spiro atoms. The van der Waals surface area contributed by atoms with Gasteiger partial charge in [0.05, 0.1) is 25.0 Å². The van der Waals surface area contributed by atoms with Crippen molar-refractivity contribution in [1.82, 2.24) is 9.80 Å². The molecule has 0 unspecified atom stereocenters. The van der Waals surface area contributed by atoms with Gasteiger partial charge < -0.3 is 30.0 Å². The van der Waals surface area contributed by atoms with Gasteiger partial charge in [0.1, 0.15) is 0 Å². The van der Waals surface area contributed by atoms with E-state index in [1.54, 1.807) is 0 Å². The van der Waals surface area contributed by atoms with Crippen LogP contribution in [0.2, 0.25) is 0 Å². The average Bonchev–Trinajstić information content (AvgIpc) is 2.22. The van der Waals surface area contributed by atoms with Gasteiger partial charge in [-0.3, -0.25) is 19.4 Å². The second-order valence-corrected chi connectivity index (χ2v) is 3.95. The standard InChI is InChI=1S/C10H16N2O8.2Na.Pb/c13-7(14)3-11(4-8(15)16)1-2-12(5-9(17)18)6-10(19)20;;;/h1-6H2,(H,13,14)(H,15,16)(H,17,18)(H,19,20);;;/q;2*+1;/p-2. The maximum Gasteiger partial charge on any atom is 1.00 e. The van der Waals surface area contributed by atoms with E-state index in [9.17, 15) is 29.4 Å². The molecule has 118 valence electrons. The molecule has 4 radical (unpaired) electrons. The molecule has 0 aliphatic carbocycles. The number of hydrogen-bond donors (Lipinski definition) is 2. The van der Waals surface area contributed by atoms with Crippen molar-refractivity contribution in [3.63, 3.8) is 0 Å². The van der Waals surface area contributed by atoms with Crippen LogP contribution in [0.25, 0.3) is 0 Å². The van der Waals surface area contributed by atoms with Gasteiger partial charge in [-0.25, -0.2) is 0 Å². The van der Waals surface area contributed by atoms with E-state index in [2.05, 4.69) is 0 Å². The number of carboxylic acids is 4. The van der Waals surface area contributed by atoms with Gasteiger partial charge in [-0.05, 0) is 0 Å². The van der Waals surface area contributed by atoms with Crippen molar-refractivity contribution in [2.45, 2.75) is 0 Å². The van der Waals surface area contributed by atoms with Crippen molar-refractivity contribution >= 4 is 51.2 Å². The van der Waals surface area contributed by atoms with Gasteiger partial charge >= 0.3 is 71.1 Å². The molecule has 0 aromatic rings. The molecule has 0 aromatic heterocycles. The summed E-state index contributed by atoms with van der Waals surface area (Å²) in [6.07, 6.45) is 0. The van der Waals surface area contributed by atoms with Crippen LogP contribution in [-0.4, -0.2) is 110 Å². The van der Waals surface area contributed by atoms with Crippen LogP contribution in [0, 0.1) is 0 Å². The zero-order valence-electron chi connectivity index (χ0n) is 13.0. The monoisotopic (exact) mass is 544 g/mol. The molecule has 23 heavy (non-hydrogen) atoms. The van der Waals surface area contributed by atoms with Gasteiger partial charge in [0.15, 0.2) is 0 Å². The molecule has 0 aliphatic heterocycles. The van der Waals surface area contributed by atoms with E-state index in [1.165, 1.54) is 0 Å². The quantitative estimate of drug-likeness (QED) is 0.240. The van der Waals surface area contributed by atoms with Crippen LogP contribution >= 0.6 is 0 Å². The third-order valence-corrected chi connectivity index (χ3v) is 2.16. The zero-order valence-corrected chi connectivity index (χ0v) is 20.9. The number of nitrogens with zero attached hydrogens (tertiary/aromatic N) is 2. The second-order valence-electron chi connectivity index (χ2n) is 3.95. The van der Waals surface area contributed by atoms with Crippen LogP contribution in [0.5, 0.6) is 0 Å². The Bertz CT molecular complexity index is 331. The molecular weight excluding hydrogens is 529 g/mol. The van der Waals surface area contributed by atoms with Crippen molar-refractivity contribution in [2.75, 3.05) is 39.3 Å². The Balaban J connectivity index is -0.000000602. The zero-order chi connectivity index (χ0) is 15.7. The predicted molar refractivity (Wildman–Crippen MR) is 63.9 cm³/mol. The Morgan fingerprint density at radius 2 is 0.957 bits per heavy atom. The van der Waals surface area contributed by atoms with Crippen molar-refractivity contribution in [3.05, 3.63) is 0 Å². The topological polar surface area (TPSA) is 161 Å². The number of rotatable bonds is 11. The van der Waals surface area contributed by atoms with Gasteiger partial charge in [-0.2, -0.15) is 0 Å². The third-order valence-electron chi connectivity index (χ3n) is 2.16. The fourth-order valence-corrected chi connectivity index (χ4v) is 1.46. The summed E-state index contributed by atoms with van der Waals surface area (Å²) in [5.74, 6) is -5.52. The number of carbonyl (C=O) groups is 4. The molecule has 0 bridgehead atoms. The Kier molecular flexibility index (Phi) is 24.0. The Morgan fingerprint density at radius 1 is 0.696 bits per heavy atom. The van der Waals surface area contributed by atoms with Crippen LogP contribution < -0.4 is 69.3 Å². The van der Waals surface area contributed by atoms with Crippen molar-refractivity contribution in [1.29, 1.82) is 0 Å². The van der Waals surface area contributed by atoms with Gasteiger partial charge in [0.2, 0.25) is 0 Å². The first-order valence-electron chi connectivity index (χ1n) is 5.48. The summed E-state index contributed by atoms with van der Waals surface area (Å²) in [4.78, 5) is 43.9. The molecule has 13 heteroatoms. The summed E-state index contributed by atoms with van der Waals surface area (Å²) in [6.45, 7) is -2.75. The molecule has 0 saturated heterocycles. The third kappa shape index (κ3) is 20.7. The van der Waals surface area contributed by atoms with Crippen LogP contribution in [-0.2, 0) is 19.2 Å². The molecule has 0 amide bonds. The van der Waals surface area contributed by atoms with Gasteiger partial charge in [0, 0.05) is 53.5 Å². The minimum absolute atomic E-state index is 0. The fraction of sp³-hybridized carbons (Fsp3) is 0.600. The SMILES string of the molecule is O=C([O-])CN(CCN(CC(=O)[O-])CC(=O)O)CC(=O)O.[Na+].[Na+].[Pb]. The molecule has 2 N–H and O–H groups in total. The Labute approximate surface area is 196 Å². The van der Waals surface area contributed by atoms with Crippen LogP contribution in [0.4, 0.5) is 0 Å². The summed E-state index contributed by atoms with van der Waals surface area (Å²) >= 11 is 0. The van der Waals surface area contributed by atoms with E-state index in [1.807, 2.05) is 0 Å². The van der Waals surface area contributed by atoms with Crippen LogP contribution in [0.3, 0.4) is 0 Å². The molecule has 0 aliphatic rings. The van der Waals surface area contributed by atoms with Crippen molar-refractivity contribution in [2.24, 2.45) is 0 Å². The Morgan fingerprint density at radius 3 is 1.13 bits per heavy atom. The second kappa shape index (κ2) is 17.5. The molecule has 0 rings (SSSR count).